The Hall–Kier alpha value is -3.38. The highest BCUT2D eigenvalue weighted by molar-refractivity contribution is 6.32. The highest BCUT2D eigenvalue weighted by atomic mass is 35.5. The van der Waals surface area contributed by atoms with Gasteiger partial charge in [0, 0.05) is 10.7 Å². The number of aryl methyl sites for hydroxylation is 2. The molecule has 0 unspecified atom stereocenters. The average molecular weight is 407 g/mol. The van der Waals surface area contributed by atoms with Gasteiger partial charge in [-0.3, -0.25) is 14.7 Å². The summed E-state index contributed by atoms with van der Waals surface area (Å²) < 4.78 is 1.41. The number of hydrogen-bond donors (Lipinski definition) is 1. The van der Waals surface area contributed by atoms with Crippen molar-refractivity contribution >= 4 is 35.0 Å². The summed E-state index contributed by atoms with van der Waals surface area (Å²) in [6.45, 7) is 5.51. The molecule has 1 amide bonds. The summed E-state index contributed by atoms with van der Waals surface area (Å²) in [5.41, 5.74) is 4.11. The summed E-state index contributed by atoms with van der Waals surface area (Å²) in [4.78, 5) is 26.0. The largest absolute Gasteiger partial charge is 0.295 e. The second kappa shape index (κ2) is 7.22. The minimum absolute atomic E-state index is 0.258. The lowest BCUT2D eigenvalue weighted by Gasteiger charge is -2.12. The number of carbonyl (C=O) groups excluding carboxylic acids is 1. The van der Waals surface area contributed by atoms with E-state index in [0.717, 1.165) is 5.56 Å². The number of amides is 1. The summed E-state index contributed by atoms with van der Waals surface area (Å²) in [5.74, 6) is -0.262. The van der Waals surface area contributed by atoms with E-state index in [2.05, 4.69) is 10.2 Å². The molecule has 6 nitrogen and oxygen atoms in total. The van der Waals surface area contributed by atoms with Crippen molar-refractivity contribution in [1.82, 2.24) is 9.78 Å². The second-order valence-electron chi connectivity index (χ2n) is 6.97. The van der Waals surface area contributed by atoms with E-state index < -0.39 is 0 Å². The Morgan fingerprint density at radius 1 is 1.00 bits per heavy atom. The first kappa shape index (κ1) is 19.0. The van der Waals surface area contributed by atoms with Crippen LogP contribution in [0.5, 0.6) is 0 Å². The van der Waals surface area contributed by atoms with E-state index in [9.17, 15) is 9.59 Å². The van der Waals surface area contributed by atoms with E-state index in [1.165, 1.54) is 9.69 Å². The zero-order valence-corrected chi connectivity index (χ0v) is 17.0. The summed E-state index contributed by atoms with van der Waals surface area (Å²) in [5, 5.41) is 9.34. The lowest BCUT2D eigenvalue weighted by Crippen LogP contribution is -2.22. The number of rotatable bonds is 3. The molecule has 2 heterocycles. The Morgan fingerprint density at radius 3 is 2.45 bits per heavy atom. The molecule has 2 aromatic carbocycles. The molecule has 0 atom stereocenters. The molecule has 0 fully saturated rings. The number of H-pyrrole nitrogens is 1. The van der Waals surface area contributed by atoms with Crippen LogP contribution < -0.4 is 10.6 Å². The van der Waals surface area contributed by atoms with Crippen molar-refractivity contribution in [2.24, 2.45) is 5.10 Å². The molecule has 0 saturated carbocycles. The van der Waals surface area contributed by atoms with Gasteiger partial charge in [0.1, 0.15) is 0 Å². The Kier molecular flexibility index (Phi) is 4.72. The molecule has 4 rings (SSSR count). The van der Waals surface area contributed by atoms with E-state index in [1.807, 2.05) is 31.2 Å². The van der Waals surface area contributed by atoms with Crippen LogP contribution in [0, 0.1) is 13.8 Å². The third-order valence-electron chi connectivity index (χ3n) is 4.78. The van der Waals surface area contributed by atoms with Gasteiger partial charge < -0.3 is 0 Å². The van der Waals surface area contributed by atoms with Crippen LogP contribution in [0.15, 0.2) is 64.0 Å². The number of benzene rings is 2. The molecule has 1 aromatic heterocycles. The van der Waals surface area contributed by atoms with Crippen molar-refractivity contribution < 1.29 is 4.79 Å². The molecule has 3 aromatic rings. The van der Waals surface area contributed by atoms with Crippen LogP contribution in [0.25, 0.3) is 11.8 Å². The number of nitrogens with zero attached hydrogens (tertiary/aromatic N) is 3. The first-order valence-corrected chi connectivity index (χ1v) is 9.49. The standard InChI is InChI=1S/C22H19ClN4O2/c1-13-6-4-8-17(10-13)26-21(28)19(14(2)24-26)12-20-15(3)25-27(22(20)29)18-9-5-7-16(23)11-18/h4-12,25H,1-3H3. The second-order valence-corrected chi connectivity index (χ2v) is 7.41. The van der Waals surface area contributed by atoms with Crippen molar-refractivity contribution in [3.05, 3.63) is 86.3 Å². The lowest BCUT2D eigenvalue weighted by atomic mass is 10.1. The van der Waals surface area contributed by atoms with Gasteiger partial charge in [-0.05, 0) is 62.7 Å². The number of carbonyl (C=O) groups is 1. The predicted octanol–water partition coefficient (Wildman–Crippen LogP) is 4.24. The highest BCUT2D eigenvalue weighted by Gasteiger charge is 2.29. The maximum atomic E-state index is 13.0. The summed E-state index contributed by atoms with van der Waals surface area (Å²) in [7, 11) is 0. The number of anilines is 1. The van der Waals surface area contributed by atoms with Crippen LogP contribution in [0.3, 0.4) is 0 Å². The van der Waals surface area contributed by atoms with Gasteiger partial charge in [0.25, 0.3) is 11.5 Å². The third kappa shape index (κ3) is 3.43. The normalized spacial score (nSPS) is 15.3. The zero-order chi connectivity index (χ0) is 20.7. The molecule has 146 valence electrons. The predicted molar refractivity (Wildman–Crippen MR) is 116 cm³/mol. The Balaban J connectivity index is 1.75. The van der Waals surface area contributed by atoms with E-state index in [1.54, 1.807) is 44.2 Å². The molecule has 0 radical (unpaired) electrons. The van der Waals surface area contributed by atoms with E-state index in [0.29, 0.717) is 38.9 Å². The maximum absolute atomic E-state index is 13.0. The number of aromatic nitrogens is 2. The first-order chi connectivity index (χ1) is 13.8. The molecule has 7 heteroatoms. The van der Waals surface area contributed by atoms with Gasteiger partial charge in [0.15, 0.2) is 0 Å². The Labute approximate surface area is 172 Å². The molecule has 0 saturated heterocycles. The maximum Gasteiger partial charge on any atom is 0.280 e. The fraction of sp³-hybridized carbons (Fsp3) is 0.136. The van der Waals surface area contributed by atoms with Gasteiger partial charge in [-0.2, -0.15) is 10.1 Å². The SMILES string of the molecule is CC1=NN(c2cccc(C)c2)C(=O)C1=Cc1c(C)[nH]n(-c2cccc(Cl)c2)c1=O. The summed E-state index contributed by atoms with van der Waals surface area (Å²) >= 11 is 6.05. The first-order valence-electron chi connectivity index (χ1n) is 9.11. The lowest BCUT2D eigenvalue weighted by molar-refractivity contribution is -0.114. The number of hydrazone groups is 1. The van der Waals surface area contributed by atoms with E-state index in [4.69, 9.17) is 11.6 Å². The molecule has 0 spiro atoms. The van der Waals surface area contributed by atoms with Crippen molar-refractivity contribution in [3.63, 3.8) is 0 Å². The molecule has 0 aliphatic carbocycles. The topological polar surface area (TPSA) is 70.5 Å². The van der Waals surface area contributed by atoms with Crippen LogP contribution in [0.4, 0.5) is 5.69 Å². The smallest absolute Gasteiger partial charge is 0.280 e. The Bertz CT molecular complexity index is 1250. The van der Waals surface area contributed by atoms with E-state index >= 15 is 0 Å². The van der Waals surface area contributed by atoms with Gasteiger partial charge in [-0.25, -0.2) is 4.68 Å². The monoisotopic (exact) mass is 406 g/mol. The molecule has 29 heavy (non-hydrogen) atoms. The quantitative estimate of drug-likeness (QED) is 0.661. The van der Waals surface area contributed by atoms with Gasteiger partial charge >= 0.3 is 0 Å². The molecular weight excluding hydrogens is 388 g/mol. The van der Waals surface area contributed by atoms with Gasteiger partial charge in [-0.1, -0.05) is 29.8 Å². The van der Waals surface area contributed by atoms with Gasteiger partial charge in [0.05, 0.1) is 28.2 Å². The van der Waals surface area contributed by atoms with Crippen LogP contribution in [0.2, 0.25) is 5.02 Å². The molecule has 0 bridgehead atoms. The van der Waals surface area contributed by atoms with Crippen molar-refractivity contribution in [1.29, 1.82) is 0 Å². The number of aromatic amines is 1. The van der Waals surface area contributed by atoms with Gasteiger partial charge in [0.2, 0.25) is 0 Å². The fourth-order valence-corrected chi connectivity index (χ4v) is 3.47. The van der Waals surface area contributed by atoms with Crippen LogP contribution in [-0.4, -0.2) is 21.4 Å². The van der Waals surface area contributed by atoms with Crippen molar-refractivity contribution in [2.45, 2.75) is 20.8 Å². The minimum atomic E-state index is -0.262. The zero-order valence-electron chi connectivity index (χ0n) is 16.2. The van der Waals surface area contributed by atoms with Crippen LogP contribution >= 0.6 is 11.6 Å². The summed E-state index contributed by atoms with van der Waals surface area (Å²) in [6.07, 6.45) is 1.60. The van der Waals surface area contributed by atoms with Crippen molar-refractivity contribution in [2.75, 3.05) is 5.01 Å². The van der Waals surface area contributed by atoms with Crippen molar-refractivity contribution in [3.8, 4) is 5.69 Å². The van der Waals surface area contributed by atoms with Crippen LogP contribution in [-0.2, 0) is 4.79 Å². The fourth-order valence-electron chi connectivity index (χ4n) is 3.29. The summed E-state index contributed by atoms with van der Waals surface area (Å²) in [6, 6.07) is 14.6. The third-order valence-corrected chi connectivity index (χ3v) is 5.02. The number of halogens is 1. The molecule has 1 aliphatic rings. The number of nitrogens with one attached hydrogen (secondary N) is 1. The molecule has 1 N–H and O–H groups in total. The molecule has 1 aliphatic heterocycles. The van der Waals surface area contributed by atoms with Gasteiger partial charge in [-0.15, -0.1) is 0 Å². The average Bonchev–Trinajstić information content (AvgIpc) is 3.13. The van der Waals surface area contributed by atoms with Crippen LogP contribution in [0.1, 0.15) is 23.7 Å². The van der Waals surface area contributed by atoms with E-state index in [-0.39, 0.29) is 11.5 Å². The molecular formula is C22H19ClN4O2. The Morgan fingerprint density at radius 2 is 1.72 bits per heavy atom. The minimum Gasteiger partial charge on any atom is -0.295 e. The highest BCUT2D eigenvalue weighted by Crippen LogP contribution is 2.25. The number of hydrogen-bond acceptors (Lipinski definition) is 3.